The van der Waals surface area contributed by atoms with Crippen LogP contribution in [-0.4, -0.2) is 111 Å². The van der Waals surface area contributed by atoms with Crippen molar-refractivity contribution >= 4 is 89.4 Å². The van der Waals surface area contributed by atoms with Crippen LogP contribution in [0.15, 0.2) is 85.2 Å². The van der Waals surface area contributed by atoms with Crippen molar-refractivity contribution in [3.63, 3.8) is 0 Å². The number of amides is 2. The number of aromatic nitrogens is 2. The predicted molar refractivity (Wildman–Crippen MR) is 284 cm³/mol. The Morgan fingerprint density at radius 3 is 1.26 bits per heavy atom. The molecule has 398 valence electrons. The minimum atomic E-state index is -0.711. The Kier molecular flexibility index (Phi) is 25.2. The standard InChI is InChI=1S/2C19H15FN2O3S.C5H10O2.C4H8O2S.C4H8O2.CH4O/c2*1-25-17-12-3-2-8-21-15(12)16(23)13-14(17)19(26)22(18(13)24)9-10-4-6-11(20)7-5-10;1-3-4-5(6)7-2;1-6-4(5)2-3-7;1-2-3-4(5)6;1-2/h2*2-8,19,23,26H,9H2,1H3;3-4H2,1-2H3;7H,2-3H2,1H3;2-3H2,1H3,(H,5,6);2H,1H3. The molecule has 6 aromatic rings. The number of esters is 2. The number of carboxylic acids is 1. The van der Waals surface area contributed by atoms with E-state index in [2.05, 4.69) is 57.3 Å². The number of carbonyl (C=O) groups excluding carboxylic acids is 4. The lowest BCUT2D eigenvalue weighted by atomic mass is 10.0. The zero-order valence-corrected chi connectivity index (χ0v) is 44.4. The Hall–Kier alpha value is -6.88. The van der Waals surface area contributed by atoms with Crippen molar-refractivity contribution in [1.82, 2.24) is 19.8 Å². The van der Waals surface area contributed by atoms with Gasteiger partial charge in [0.1, 0.15) is 44.9 Å². The SMILES string of the molecule is CCCC(=O)O.CCCC(=O)OC.CO.COC(=O)CCS.COc1c2c(c(O)c3ncccc13)C(=O)N(Cc1ccc(F)cc1)C2S.COc1c2c(c(O)c3ncccc13)C(=O)N(Cc1ccc(F)cc1)C2S. The molecule has 0 fully saturated rings. The number of rotatable bonds is 12. The van der Waals surface area contributed by atoms with Crippen molar-refractivity contribution in [3.05, 3.63) is 130 Å². The number of benzene rings is 4. The average Bonchev–Trinajstić information content (AvgIpc) is 3.80. The summed E-state index contributed by atoms with van der Waals surface area (Å²) in [5.74, 6) is -1.31. The van der Waals surface area contributed by atoms with Gasteiger partial charge in [-0.15, -0.1) is 25.3 Å². The molecule has 74 heavy (non-hydrogen) atoms. The fourth-order valence-electron chi connectivity index (χ4n) is 7.35. The zero-order valence-electron chi connectivity index (χ0n) is 41.7. The second kappa shape index (κ2) is 30.3. The van der Waals surface area contributed by atoms with E-state index in [-0.39, 0.29) is 71.1 Å². The minimum absolute atomic E-state index is 0.123. The van der Waals surface area contributed by atoms with Crippen LogP contribution in [0.4, 0.5) is 8.78 Å². The quantitative estimate of drug-likeness (QED) is 0.0447. The Morgan fingerprint density at radius 1 is 0.622 bits per heavy atom. The lowest BCUT2D eigenvalue weighted by Crippen LogP contribution is -2.25. The first-order valence-corrected chi connectivity index (χ1v) is 24.3. The maximum absolute atomic E-state index is 13.1. The summed E-state index contributed by atoms with van der Waals surface area (Å²) in [5, 5.41) is 36.2. The summed E-state index contributed by atoms with van der Waals surface area (Å²) >= 11 is 13.0. The number of aliphatic hydroxyl groups is 1. The summed E-state index contributed by atoms with van der Waals surface area (Å²) in [4.78, 5) is 67.2. The molecular formula is C52H60F2N4O13S3. The number of carboxylic acid groups (broad SMARTS) is 1. The number of carbonyl (C=O) groups is 5. The number of thiol groups is 3. The van der Waals surface area contributed by atoms with Gasteiger partial charge in [0, 0.05) is 73.1 Å². The number of phenols is 2. The van der Waals surface area contributed by atoms with Gasteiger partial charge in [-0.25, -0.2) is 8.78 Å². The molecule has 0 saturated carbocycles. The number of pyridine rings is 2. The van der Waals surface area contributed by atoms with Crippen LogP contribution in [0.3, 0.4) is 0 Å². The van der Waals surface area contributed by atoms with E-state index in [1.165, 1.54) is 62.5 Å². The van der Waals surface area contributed by atoms with Crippen molar-refractivity contribution in [2.75, 3.05) is 41.3 Å². The second-order valence-corrected chi connectivity index (χ2v) is 17.0. The van der Waals surface area contributed by atoms with Gasteiger partial charge in [0.15, 0.2) is 11.5 Å². The predicted octanol–water partition coefficient (Wildman–Crippen LogP) is 9.26. The average molecular weight is 1080 g/mol. The fourth-order valence-corrected chi connectivity index (χ4v) is 8.40. The van der Waals surface area contributed by atoms with Gasteiger partial charge in [0.2, 0.25) is 0 Å². The molecule has 4 N–H and O–H groups in total. The molecule has 2 aromatic heterocycles. The van der Waals surface area contributed by atoms with Gasteiger partial charge in [-0.3, -0.25) is 33.9 Å². The van der Waals surface area contributed by atoms with E-state index < -0.39 is 16.7 Å². The number of nitrogens with zero attached hydrogens (tertiary/aromatic N) is 4. The van der Waals surface area contributed by atoms with E-state index >= 15 is 0 Å². The highest BCUT2D eigenvalue weighted by molar-refractivity contribution is 7.80. The first-order valence-electron chi connectivity index (χ1n) is 22.7. The number of hydrogen-bond donors (Lipinski definition) is 7. The fraction of sp³-hybridized carbons (Fsp3) is 0.327. The second-order valence-electron chi connectivity index (χ2n) is 15.5. The lowest BCUT2D eigenvalue weighted by molar-refractivity contribution is -0.141. The number of aliphatic hydroxyl groups excluding tert-OH is 1. The molecule has 2 amide bonds. The first-order chi connectivity index (χ1) is 35.4. The van der Waals surface area contributed by atoms with Crippen LogP contribution in [0.1, 0.15) is 99.7 Å². The molecule has 2 aliphatic rings. The topological polar surface area (TPSA) is 235 Å². The number of fused-ring (bicyclic) bond motifs is 4. The highest BCUT2D eigenvalue weighted by atomic mass is 32.1. The largest absolute Gasteiger partial charge is 0.505 e. The summed E-state index contributed by atoms with van der Waals surface area (Å²) in [7, 11) is 6.78. The summed E-state index contributed by atoms with van der Waals surface area (Å²) in [6.07, 6.45) is 5.92. The maximum atomic E-state index is 13.1. The zero-order chi connectivity index (χ0) is 55.2. The molecule has 2 aliphatic heterocycles. The van der Waals surface area contributed by atoms with Crippen molar-refractivity contribution < 1.29 is 72.1 Å². The molecule has 4 aromatic carbocycles. The Morgan fingerprint density at radius 2 is 0.986 bits per heavy atom. The van der Waals surface area contributed by atoms with E-state index in [0.29, 0.717) is 69.4 Å². The third-order valence-corrected chi connectivity index (χ3v) is 12.0. The number of hydrogen-bond acceptors (Lipinski definition) is 17. The molecule has 22 heteroatoms. The first kappa shape index (κ1) is 61.4. The van der Waals surface area contributed by atoms with E-state index in [1.54, 1.807) is 60.9 Å². The Bertz CT molecular complexity index is 2680. The molecule has 0 bridgehead atoms. The van der Waals surface area contributed by atoms with Gasteiger partial charge in [-0.1, -0.05) is 38.1 Å². The maximum Gasteiger partial charge on any atom is 0.306 e. The van der Waals surface area contributed by atoms with Crippen molar-refractivity contribution in [1.29, 1.82) is 0 Å². The van der Waals surface area contributed by atoms with Crippen LogP contribution in [0.25, 0.3) is 21.8 Å². The summed E-state index contributed by atoms with van der Waals surface area (Å²) in [6, 6.07) is 18.8. The third kappa shape index (κ3) is 15.3. The highest BCUT2D eigenvalue weighted by Crippen LogP contribution is 2.51. The lowest BCUT2D eigenvalue weighted by Gasteiger charge is -2.22. The molecule has 0 aliphatic carbocycles. The van der Waals surface area contributed by atoms with E-state index in [4.69, 9.17) is 19.7 Å². The van der Waals surface area contributed by atoms with Gasteiger partial charge in [-0.05, 0) is 72.5 Å². The number of aliphatic carboxylic acids is 1. The molecule has 4 heterocycles. The van der Waals surface area contributed by atoms with Gasteiger partial charge in [-0.2, -0.15) is 12.6 Å². The number of aromatic hydroxyl groups is 2. The van der Waals surface area contributed by atoms with Crippen LogP contribution in [0, 0.1) is 11.6 Å². The van der Waals surface area contributed by atoms with Gasteiger partial charge in [0.25, 0.3) is 11.8 Å². The van der Waals surface area contributed by atoms with Crippen LogP contribution in [-0.2, 0) is 36.9 Å². The molecule has 0 saturated heterocycles. The van der Waals surface area contributed by atoms with Crippen molar-refractivity contribution in [2.45, 2.75) is 69.8 Å². The van der Waals surface area contributed by atoms with Gasteiger partial charge >= 0.3 is 17.9 Å². The van der Waals surface area contributed by atoms with Crippen LogP contribution in [0.5, 0.6) is 23.0 Å². The number of methoxy groups -OCH3 is 4. The molecule has 2 atom stereocenters. The molecule has 2 unspecified atom stereocenters. The summed E-state index contributed by atoms with van der Waals surface area (Å²) in [6.45, 7) is 4.24. The number of ether oxygens (including phenoxy) is 4. The van der Waals surface area contributed by atoms with E-state index in [0.717, 1.165) is 31.1 Å². The van der Waals surface area contributed by atoms with Crippen LogP contribution < -0.4 is 9.47 Å². The molecule has 0 radical (unpaired) electrons. The Labute approximate surface area is 443 Å². The minimum Gasteiger partial charge on any atom is -0.505 e. The van der Waals surface area contributed by atoms with Gasteiger partial charge < -0.3 is 49.2 Å². The highest BCUT2D eigenvalue weighted by Gasteiger charge is 2.42. The molecule has 17 nitrogen and oxygen atoms in total. The Balaban J connectivity index is 0.000000280. The summed E-state index contributed by atoms with van der Waals surface area (Å²) in [5.41, 5.74) is 3.45. The van der Waals surface area contributed by atoms with Crippen molar-refractivity contribution in [2.24, 2.45) is 0 Å². The third-order valence-electron chi connectivity index (χ3n) is 10.7. The normalized spacial score (nSPS) is 13.7. The molecule has 0 spiro atoms. The van der Waals surface area contributed by atoms with Crippen LogP contribution >= 0.6 is 37.9 Å². The van der Waals surface area contributed by atoms with E-state index in [1.807, 2.05) is 13.8 Å². The smallest absolute Gasteiger partial charge is 0.306 e. The number of phenolic OH excluding ortho intramolecular Hbond substituents is 2. The number of halogens is 2. The van der Waals surface area contributed by atoms with Crippen molar-refractivity contribution in [3.8, 4) is 23.0 Å². The van der Waals surface area contributed by atoms with Gasteiger partial charge in [0.05, 0.1) is 46.0 Å². The molecule has 8 rings (SSSR count). The molecular weight excluding hydrogens is 1020 g/mol. The summed E-state index contributed by atoms with van der Waals surface area (Å²) < 4.78 is 46.0. The van der Waals surface area contributed by atoms with E-state index in [9.17, 15) is 43.0 Å². The van der Waals surface area contributed by atoms with Crippen LogP contribution in [0.2, 0.25) is 0 Å². The monoisotopic (exact) mass is 1080 g/mol.